The van der Waals surface area contributed by atoms with Gasteiger partial charge in [-0.3, -0.25) is 0 Å². The lowest BCUT2D eigenvalue weighted by molar-refractivity contribution is -0.00217. The number of ether oxygens (including phenoxy) is 1. The number of benzene rings is 1. The molecule has 20 heavy (non-hydrogen) atoms. The maximum absolute atomic E-state index is 10.7. The summed E-state index contributed by atoms with van der Waals surface area (Å²) in [5.74, 6) is 0.673. The first-order valence-corrected chi connectivity index (χ1v) is 7.69. The molecule has 0 amide bonds. The fourth-order valence-corrected chi connectivity index (χ4v) is 2.64. The highest BCUT2D eigenvalue weighted by Crippen LogP contribution is 2.33. The van der Waals surface area contributed by atoms with Crippen molar-refractivity contribution in [3.63, 3.8) is 0 Å². The van der Waals surface area contributed by atoms with Crippen LogP contribution >= 0.6 is 0 Å². The summed E-state index contributed by atoms with van der Waals surface area (Å²) in [7, 11) is 1.73. The third-order valence-corrected chi connectivity index (χ3v) is 4.45. The lowest BCUT2D eigenvalue weighted by Crippen LogP contribution is -2.29. The minimum absolute atomic E-state index is 0.169. The lowest BCUT2D eigenvalue weighted by atomic mass is 9.79. The maximum atomic E-state index is 10.7. The molecule has 1 aromatic rings. The number of methoxy groups -OCH3 is 1. The van der Waals surface area contributed by atoms with E-state index in [0.717, 1.165) is 19.3 Å². The summed E-state index contributed by atoms with van der Waals surface area (Å²) in [6.07, 6.45) is 2.39. The number of aliphatic hydroxyl groups is 1. The van der Waals surface area contributed by atoms with Gasteiger partial charge in [0.05, 0.1) is 11.7 Å². The van der Waals surface area contributed by atoms with Crippen LogP contribution in [0.25, 0.3) is 0 Å². The molecule has 0 aliphatic carbocycles. The zero-order chi connectivity index (χ0) is 15.2. The Bertz CT molecular complexity index is 372. The van der Waals surface area contributed by atoms with Crippen molar-refractivity contribution >= 4 is 0 Å². The molecule has 0 saturated heterocycles. The molecule has 0 aliphatic heterocycles. The Morgan fingerprint density at radius 2 is 1.80 bits per heavy atom. The van der Waals surface area contributed by atoms with Gasteiger partial charge < -0.3 is 9.84 Å². The monoisotopic (exact) mass is 278 g/mol. The standard InChI is InChI=1S/C18H30O2/c1-6-14(2)17(15-10-8-7-9-11-15)16(19)12-13-18(3,4)20-5/h7-11,14,16-17,19H,6,12-13H2,1-5H3. The summed E-state index contributed by atoms with van der Waals surface area (Å²) in [5, 5.41) is 10.7. The SMILES string of the molecule is CCC(C)C(c1ccccc1)C(O)CCC(C)(C)OC. The first-order valence-electron chi connectivity index (χ1n) is 7.69. The zero-order valence-corrected chi connectivity index (χ0v) is 13.6. The Hall–Kier alpha value is -0.860. The van der Waals surface area contributed by atoms with E-state index in [1.807, 2.05) is 6.07 Å². The summed E-state index contributed by atoms with van der Waals surface area (Å²) in [5.41, 5.74) is 1.07. The van der Waals surface area contributed by atoms with Gasteiger partial charge in [-0.25, -0.2) is 0 Å². The van der Waals surface area contributed by atoms with Gasteiger partial charge in [-0.2, -0.15) is 0 Å². The fourth-order valence-electron chi connectivity index (χ4n) is 2.64. The second-order valence-electron chi connectivity index (χ2n) is 6.39. The van der Waals surface area contributed by atoms with E-state index in [-0.39, 0.29) is 17.6 Å². The summed E-state index contributed by atoms with van der Waals surface area (Å²) >= 11 is 0. The maximum Gasteiger partial charge on any atom is 0.0623 e. The second-order valence-corrected chi connectivity index (χ2v) is 6.39. The van der Waals surface area contributed by atoms with E-state index >= 15 is 0 Å². The first kappa shape index (κ1) is 17.2. The highest BCUT2D eigenvalue weighted by atomic mass is 16.5. The van der Waals surface area contributed by atoms with Crippen LogP contribution in [0.15, 0.2) is 30.3 Å². The van der Waals surface area contributed by atoms with Crippen molar-refractivity contribution in [2.24, 2.45) is 5.92 Å². The molecule has 0 aliphatic rings. The van der Waals surface area contributed by atoms with E-state index in [0.29, 0.717) is 5.92 Å². The van der Waals surface area contributed by atoms with Crippen LogP contribution < -0.4 is 0 Å². The van der Waals surface area contributed by atoms with Crippen LogP contribution in [0.1, 0.15) is 58.4 Å². The molecule has 0 bridgehead atoms. The molecule has 1 N–H and O–H groups in total. The molecule has 2 heteroatoms. The van der Waals surface area contributed by atoms with E-state index in [1.54, 1.807) is 7.11 Å². The van der Waals surface area contributed by atoms with Crippen LogP contribution in [0.5, 0.6) is 0 Å². The summed E-state index contributed by atoms with van der Waals surface area (Å²) < 4.78 is 5.45. The smallest absolute Gasteiger partial charge is 0.0623 e. The van der Waals surface area contributed by atoms with E-state index in [4.69, 9.17) is 4.74 Å². The Labute approximate surface area is 124 Å². The Morgan fingerprint density at radius 3 is 2.30 bits per heavy atom. The van der Waals surface area contributed by atoms with E-state index in [2.05, 4.69) is 52.0 Å². The van der Waals surface area contributed by atoms with Crippen LogP contribution in [-0.2, 0) is 4.74 Å². The summed E-state index contributed by atoms with van der Waals surface area (Å²) in [6, 6.07) is 10.4. The van der Waals surface area contributed by atoms with Gasteiger partial charge in [0, 0.05) is 13.0 Å². The molecule has 1 aromatic carbocycles. The van der Waals surface area contributed by atoms with E-state index < -0.39 is 0 Å². The van der Waals surface area contributed by atoms with Gasteiger partial charge in [0.15, 0.2) is 0 Å². The summed E-state index contributed by atoms with van der Waals surface area (Å²) in [4.78, 5) is 0. The molecule has 0 saturated carbocycles. The summed E-state index contributed by atoms with van der Waals surface area (Å²) in [6.45, 7) is 8.55. The fraction of sp³-hybridized carbons (Fsp3) is 0.667. The minimum Gasteiger partial charge on any atom is -0.392 e. The highest BCUT2D eigenvalue weighted by Gasteiger charge is 2.28. The topological polar surface area (TPSA) is 29.5 Å². The Morgan fingerprint density at radius 1 is 1.20 bits per heavy atom. The third-order valence-electron chi connectivity index (χ3n) is 4.45. The quantitative estimate of drug-likeness (QED) is 0.764. The highest BCUT2D eigenvalue weighted by molar-refractivity contribution is 5.21. The molecule has 3 atom stereocenters. The predicted molar refractivity (Wildman–Crippen MR) is 85.0 cm³/mol. The van der Waals surface area contributed by atoms with Gasteiger partial charge in [-0.15, -0.1) is 0 Å². The third kappa shape index (κ3) is 4.92. The average Bonchev–Trinajstić information content (AvgIpc) is 2.46. The van der Waals surface area contributed by atoms with Crippen molar-refractivity contribution in [1.29, 1.82) is 0 Å². The molecule has 0 spiro atoms. The van der Waals surface area contributed by atoms with Gasteiger partial charge >= 0.3 is 0 Å². The predicted octanol–water partition coefficient (Wildman–Crippen LogP) is 4.38. The van der Waals surface area contributed by atoms with Crippen molar-refractivity contribution in [2.75, 3.05) is 7.11 Å². The number of hydrogen-bond acceptors (Lipinski definition) is 2. The average molecular weight is 278 g/mol. The molecule has 0 heterocycles. The largest absolute Gasteiger partial charge is 0.392 e. The number of aliphatic hydroxyl groups excluding tert-OH is 1. The molecular formula is C18H30O2. The molecule has 2 nitrogen and oxygen atoms in total. The van der Waals surface area contributed by atoms with Crippen molar-refractivity contribution in [1.82, 2.24) is 0 Å². The Kier molecular flexibility index (Phi) is 6.70. The van der Waals surface area contributed by atoms with E-state index in [1.165, 1.54) is 5.56 Å². The minimum atomic E-state index is -0.318. The van der Waals surface area contributed by atoms with Crippen molar-refractivity contribution in [2.45, 2.75) is 64.6 Å². The van der Waals surface area contributed by atoms with Gasteiger partial charge in [-0.05, 0) is 38.2 Å². The molecular weight excluding hydrogens is 248 g/mol. The van der Waals surface area contributed by atoms with Crippen LogP contribution in [0.3, 0.4) is 0 Å². The van der Waals surface area contributed by atoms with Crippen LogP contribution in [0, 0.1) is 5.92 Å². The molecule has 0 fully saturated rings. The van der Waals surface area contributed by atoms with Gasteiger partial charge in [0.1, 0.15) is 0 Å². The van der Waals surface area contributed by atoms with Crippen LogP contribution in [0.4, 0.5) is 0 Å². The molecule has 0 aromatic heterocycles. The van der Waals surface area contributed by atoms with Gasteiger partial charge in [-0.1, -0.05) is 50.6 Å². The zero-order valence-electron chi connectivity index (χ0n) is 13.6. The van der Waals surface area contributed by atoms with Crippen LogP contribution in [-0.4, -0.2) is 23.9 Å². The van der Waals surface area contributed by atoms with Crippen molar-refractivity contribution < 1.29 is 9.84 Å². The van der Waals surface area contributed by atoms with Gasteiger partial charge in [0.25, 0.3) is 0 Å². The first-order chi connectivity index (χ1) is 9.41. The molecule has 3 unspecified atom stereocenters. The van der Waals surface area contributed by atoms with E-state index in [9.17, 15) is 5.11 Å². The second kappa shape index (κ2) is 7.80. The normalized spacial score (nSPS) is 16.7. The molecule has 0 radical (unpaired) electrons. The van der Waals surface area contributed by atoms with Crippen molar-refractivity contribution in [3.05, 3.63) is 35.9 Å². The molecule has 114 valence electrons. The van der Waals surface area contributed by atoms with Crippen molar-refractivity contribution in [3.8, 4) is 0 Å². The number of rotatable bonds is 8. The van der Waals surface area contributed by atoms with Gasteiger partial charge in [0.2, 0.25) is 0 Å². The molecule has 1 rings (SSSR count). The lowest BCUT2D eigenvalue weighted by Gasteiger charge is -2.31. The number of hydrogen-bond donors (Lipinski definition) is 1. The Balaban J connectivity index is 2.79. The van der Waals surface area contributed by atoms with Crippen LogP contribution in [0.2, 0.25) is 0 Å².